The number of hydrogen-bond donors (Lipinski definition) is 1. The highest BCUT2D eigenvalue weighted by atomic mass is 35.5. The van der Waals surface area contributed by atoms with Gasteiger partial charge in [0, 0.05) is 22.7 Å². The zero-order valence-corrected chi connectivity index (χ0v) is 12.5. The molecule has 106 valence electrons. The molecule has 0 aliphatic rings. The summed E-state index contributed by atoms with van der Waals surface area (Å²) in [6, 6.07) is 14.8. The topological polar surface area (TPSA) is 12.0 Å². The molecule has 2 rings (SSSR count). The minimum atomic E-state index is -0.173. The number of benzene rings is 2. The quantitative estimate of drug-likeness (QED) is 0.790. The van der Waals surface area contributed by atoms with Gasteiger partial charge < -0.3 is 5.32 Å². The molecule has 0 radical (unpaired) electrons. The molecule has 0 amide bonds. The summed E-state index contributed by atoms with van der Waals surface area (Å²) in [4.78, 5) is 0. The summed E-state index contributed by atoms with van der Waals surface area (Å²) in [6.07, 6.45) is 0.916. The lowest BCUT2D eigenvalue weighted by atomic mass is 10.0. The molecule has 20 heavy (non-hydrogen) atoms. The number of halogens is 2. The molecule has 0 saturated heterocycles. The van der Waals surface area contributed by atoms with E-state index in [1.54, 1.807) is 6.07 Å². The van der Waals surface area contributed by atoms with Gasteiger partial charge in [-0.05, 0) is 37.1 Å². The van der Waals surface area contributed by atoms with E-state index in [9.17, 15) is 4.39 Å². The number of hydrogen-bond acceptors (Lipinski definition) is 1. The molecule has 2 aromatic rings. The molecule has 0 aliphatic carbocycles. The highest BCUT2D eigenvalue weighted by Crippen LogP contribution is 2.25. The second-order valence-electron chi connectivity index (χ2n) is 4.93. The van der Waals surface area contributed by atoms with E-state index >= 15 is 0 Å². The van der Waals surface area contributed by atoms with Gasteiger partial charge in [0.25, 0.3) is 0 Å². The number of rotatable bonds is 5. The van der Waals surface area contributed by atoms with Crippen LogP contribution in [0.4, 0.5) is 4.39 Å². The van der Waals surface area contributed by atoms with Gasteiger partial charge in [-0.2, -0.15) is 0 Å². The van der Waals surface area contributed by atoms with Gasteiger partial charge in [0.05, 0.1) is 0 Å². The van der Waals surface area contributed by atoms with Crippen LogP contribution in [0.2, 0.25) is 5.02 Å². The monoisotopic (exact) mass is 291 g/mol. The molecule has 3 heteroatoms. The molecular weight excluding hydrogens is 273 g/mol. The van der Waals surface area contributed by atoms with Gasteiger partial charge in [-0.25, -0.2) is 4.39 Å². The van der Waals surface area contributed by atoms with Crippen molar-refractivity contribution in [1.82, 2.24) is 5.32 Å². The van der Waals surface area contributed by atoms with Crippen LogP contribution in [0.5, 0.6) is 0 Å². The second kappa shape index (κ2) is 6.87. The predicted octanol–water partition coefficient (Wildman–Crippen LogP) is 5.28. The zero-order chi connectivity index (χ0) is 14.5. The summed E-state index contributed by atoms with van der Waals surface area (Å²) in [5.74, 6) is -0.173. The van der Waals surface area contributed by atoms with Crippen molar-refractivity contribution in [2.24, 2.45) is 0 Å². The largest absolute Gasteiger partial charge is 0.303 e. The van der Waals surface area contributed by atoms with Crippen molar-refractivity contribution in [3.8, 4) is 0 Å². The third kappa shape index (κ3) is 3.59. The van der Waals surface area contributed by atoms with Crippen LogP contribution >= 0.6 is 11.6 Å². The van der Waals surface area contributed by atoms with Crippen molar-refractivity contribution in [2.75, 3.05) is 0 Å². The first kappa shape index (κ1) is 15.0. The van der Waals surface area contributed by atoms with Crippen molar-refractivity contribution in [3.63, 3.8) is 0 Å². The third-order valence-corrected chi connectivity index (χ3v) is 3.72. The van der Waals surface area contributed by atoms with Crippen molar-refractivity contribution in [3.05, 3.63) is 70.5 Å². The van der Waals surface area contributed by atoms with E-state index in [-0.39, 0.29) is 17.9 Å². The predicted molar refractivity (Wildman–Crippen MR) is 82.4 cm³/mol. The minimum Gasteiger partial charge on any atom is -0.303 e. The molecule has 0 spiro atoms. The van der Waals surface area contributed by atoms with Gasteiger partial charge in [-0.15, -0.1) is 0 Å². The van der Waals surface area contributed by atoms with Gasteiger partial charge in [-0.3, -0.25) is 0 Å². The molecule has 0 aliphatic heterocycles. The molecule has 0 saturated carbocycles. The van der Waals surface area contributed by atoms with Crippen molar-refractivity contribution in [2.45, 2.75) is 32.4 Å². The maximum absolute atomic E-state index is 13.8. The van der Waals surface area contributed by atoms with Gasteiger partial charge in [-0.1, -0.05) is 48.9 Å². The molecule has 1 N–H and O–H groups in total. The summed E-state index contributed by atoms with van der Waals surface area (Å²) in [5.41, 5.74) is 1.82. The van der Waals surface area contributed by atoms with Gasteiger partial charge in [0.15, 0.2) is 0 Å². The second-order valence-corrected chi connectivity index (χ2v) is 5.36. The Balaban J connectivity index is 2.16. The zero-order valence-electron chi connectivity index (χ0n) is 11.7. The van der Waals surface area contributed by atoms with Gasteiger partial charge in [0.1, 0.15) is 5.82 Å². The van der Waals surface area contributed by atoms with Crippen molar-refractivity contribution < 1.29 is 4.39 Å². The standard InChI is InChI=1S/C17H19ClFN/c1-3-17(13-7-6-8-14(18)11-13)20-12(2)15-9-4-5-10-16(15)19/h4-12,17,20H,3H2,1-2H3. The van der Waals surface area contributed by atoms with E-state index in [0.29, 0.717) is 5.56 Å². The van der Waals surface area contributed by atoms with E-state index in [2.05, 4.69) is 12.2 Å². The molecule has 2 aromatic carbocycles. The smallest absolute Gasteiger partial charge is 0.127 e. The molecule has 2 atom stereocenters. The first-order valence-corrected chi connectivity index (χ1v) is 7.25. The first-order valence-electron chi connectivity index (χ1n) is 6.87. The van der Waals surface area contributed by atoms with Crippen LogP contribution in [0.25, 0.3) is 0 Å². The maximum Gasteiger partial charge on any atom is 0.127 e. The summed E-state index contributed by atoms with van der Waals surface area (Å²) in [6.45, 7) is 4.08. The van der Waals surface area contributed by atoms with Crippen LogP contribution in [-0.4, -0.2) is 0 Å². The Labute approximate surface area is 124 Å². The Hall–Kier alpha value is -1.38. The summed E-state index contributed by atoms with van der Waals surface area (Å²) in [5, 5.41) is 4.19. The average molecular weight is 292 g/mol. The Bertz CT molecular complexity index is 570. The molecule has 1 nitrogen and oxygen atoms in total. The lowest BCUT2D eigenvalue weighted by molar-refractivity contribution is 0.443. The summed E-state index contributed by atoms with van der Waals surface area (Å²) in [7, 11) is 0. The fourth-order valence-electron chi connectivity index (χ4n) is 2.39. The normalized spacial score (nSPS) is 14.0. The fraction of sp³-hybridized carbons (Fsp3) is 0.294. The Morgan fingerprint density at radius 1 is 1.15 bits per heavy atom. The van der Waals surface area contributed by atoms with Crippen LogP contribution in [0.15, 0.2) is 48.5 Å². The van der Waals surface area contributed by atoms with Crippen LogP contribution in [0.1, 0.15) is 43.5 Å². The third-order valence-electron chi connectivity index (χ3n) is 3.48. The van der Waals surface area contributed by atoms with Crippen LogP contribution in [0, 0.1) is 5.82 Å². The molecule has 0 aromatic heterocycles. The highest BCUT2D eigenvalue weighted by molar-refractivity contribution is 6.30. The SMILES string of the molecule is CCC(NC(C)c1ccccc1F)c1cccc(Cl)c1. The van der Waals surface area contributed by atoms with E-state index in [1.807, 2.05) is 43.3 Å². The maximum atomic E-state index is 13.8. The van der Waals surface area contributed by atoms with Crippen molar-refractivity contribution in [1.29, 1.82) is 0 Å². The molecule has 0 heterocycles. The fourth-order valence-corrected chi connectivity index (χ4v) is 2.59. The summed E-state index contributed by atoms with van der Waals surface area (Å²) >= 11 is 6.04. The van der Waals surface area contributed by atoms with Crippen LogP contribution in [0.3, 0.4) is 0 Å². The lowest BCUT2D eigenvalue weighted by Gasteiger charge is -2.23. The van der Waals surface area contributed by atoms with E-state index in [0.717, 1.165) is 17.0 Å². The lowest BCUT2D eigenvalue weighted by Crippen LogP contribution is -2.24. The number of nitrogens with one attached hydrogen (secondary N) is 1. The Morgan fingerprint density at radius 2 is 1.90 bits per heavy atom. The van der Waals surface area contributed by atoms with Crippen LogP contribution in [-0.2, 0) is 0 Å². The van der Waals surface area contributed by atoms with Gasteiger partial charge >= 0.3 is 0 Å². The Morgan fingerprint density at radius 3 is 2.55 bits per heavy atom. The van der Waals surface area contributed by atoms with E-state index in [1.165, 1.54) is 6.07 Å². The molecule has 2 unspecified atom stereocenters. The Kier molecular flexibility index (Phi) is 5.16. The van der Waals surface area contributed by atoms with Gasteiger partial charge in [0.2, 0.25) is 0 Å². The van der Waals surface area contributed by atoms with E-state index in [4.69, 9.17) is 11.6 Å². The highest BCUT2D eigenvalue weighted by Gasteiger charge is 2.16. The molecular formula is C17H19ClFN. The van der Waals surface area contributed by atoms with E-state index < -0.39 is 0 Å². The average Bonchev–Trinajstić information content (AvgIpc) is 2.45. The molecule has 0 bridgehead atoms. The molecule has 0 fully saturated rings. The summed E-state index contributed by atoms with van der Waals surface area (Å²) < 4.78 is 13.8. The minimum absolute atomic E-state index is 0.0554. The van der Waals surface area contributed by atoms with Crippen molar-refractivity contribution >= 4 is 11.6 Å². The first-order chi connectivity index (χ1) is 9.61. The van der Waals surface area contributed by atoms with Crippen LogP contribution < -0.4 is 5.32 Å².